The highest BCUT2D eigenvalue weighted by Gasteiger charge is 2.04. The van der Waals surface area contributed by atoms with E-state index in [1.807, 2.05) is 30.3 Å². The predicted octanol–water partition coefficient (Wildman–Crippen LogP) is 3.48. The van der Waals surface area contributed by atoms with Gasteiger partial charge in [0.1, 0.15) is 0 Å². The van der Waals surface area contributed by atoms with E-state index >= 15 is 0 Å². The Hall–Kier alpha value is -1.91. The average molecular weight is 287 g/mol. The van der Waals surface area contributed by atoms with Crippen molar-refractivity contribution < 1.29 is 9.90 Å². The molecule has 2 aromatic rings. The van der Waals surface area contributed by atoms with Crippen molar-refractivity contribution in [3.63, 3.8) is 0 Å². The fourth-order valence-corrected chi connectivity index (χ4v) is 2.94. The molecule has 0 unspecified atom stereocenters. The monoisotopic (exact) mass is 287 g/mol. The first-order chi connectivity index (χ1) is 9.63. The zero-order valence-corrected chi connectivity index (χ0v) is 12.1. The molecule has 0 saturated carbocycles. The molecule has 0 atom stereocenters. The van der Waals surface area contributed by atoms with Crippen LogP contribution in [0, 0.1) is 0 Å². The second-order valence-corrected chi connectivity index (χ2v) is 5.83. The lowest BCUT2D eigenvalue weighted by molar-refractivity contribution is -0.131. The van der Waals surface area contributed by atoms with Crippen molar-refractivity contribution in [1.29, 1.82) is 0 Å². The molecule has 104 valence electrons. The minimum Gasteiger partial charge on any atom is -0.478 e. The Balaban J connectivity index is 1.91. The molecule has 1 heterocycles. The van der Waals surface area contributed by atoms with Crippen molar-refractivity contribution in [2.45, 2.75) is 13.1 Å². The summed E-state index contributed by atoms with van der Waals surface area (Å²) in [5.41, 5.74) is 1.29. The van der Waals surface area contributed by atoms with Crippen molar-refractivity contribution in [3.05, 3.63) is 63.9 Å². The maximum Gasteiger partial charge on any atom is 0.328 e. The second-order valence-electron chi connectivity index (χ2n) is 4.63. The summed E-state index contributed by atoms with van der Waals surface area (Å²) in [6, 6.07) is 14.3. The molecule has 2 rings (SSSR count). The molecule has 0 fully saturated rings. The van der Waals surface area contributed by atoms with E-state index in [2.05, 4.69) is 24.1 Å². The number of carboxylic acids is 1. The molecule has 0 radical (unpaired) electrons. The van der Waals surface area contributed by atoms with Crippen LogP contribution < -0.4 is 0 Å². The molecule has 0 bridgehead atoms. The Kier molecular flexibility index (Phi) is 5.09. The van der Waals surface area contributed by atoms with Crippen molar-refractivity contribution in [2.75, 3.05) is 7.05 Å². The van der Waals surface area contributed by atoms with Crippen LogP contribution in [0.3, 0.4) is 0 Å². The lowest BCUT2D eigenvalue weighted by Gasteiger charge is -2.15. The number of thiophene rings is 1. The quantitative estimate of drug-likeness (QED) is 0.827. The molecule has 1 aromatic carbocycles. The number of aliphatic carboxylic acids is 1. The summed E-state index contributed by atoms with van der Waals surface area (Å²) in [7, 11) is 2.08. The van der Waals surface area contributed by atoms with Crippen LogP contribution in [-0.4, -0.2) is 23.0 Å². The van der Waals surface area contributed by atoms with Gasteiger partial charge in [0.05, 0.1) is 0 Å². The van der Waals surface area contributed by atoms with Gasteiger partial charge < -0.3 is 5.11 Å². The fraction of sp³-hybridized carbons (Fsp3) is 0.188. The third-order valence-electron chi connectivity index (χ3n) is 2.79. The molecule has 3 nitrogen and oxygen atoms in total. The van der Waals surface area contributed by atoms with Crippen molar-refractivity contribution in [2.24, 2.45) is 0 Å². The smallest absolute Gasteiger partial charge is 0.328 e. The summed E-state index contributed by atoms with van der Waals surface area (Å²) < 4.78 is 0. The highest BCUT2D eigenvalue weighted by atomic mass is 32.1. The SMILES string of the molecule is CN(Cc1ccccc1)Cc1ccc(C=CC(=O)O)s1. The Morgan fingerprint density at radius 2 is 1.95 bits per heavy atom. The molecule has 0 aliphatic carbocycles. The Labute approximate surface area is 122 Å². The lowest BCUT2D eigenvalue weighted by Crippen LogP contribution is -2.16. The predicted molar refractivity (Wildman–Crippen MR) is 82.6 cm³/mol. The summed E-state index contributed by atoms with van der Waals surface area (Å²) in [4.78, 5) is 14.9. The van der Waals surface area contributed by atoms with Crippen molar-refractivity contribution >= 4 is 23.4 Å². The van der Waals surface area contributed by atoms with Gasteiger partial charge in [-0.2, -0.15) is 0 Å². The summed E-state index contributed by atoms with van der Waals surface area (Å²) >= 11 is 1.62. The van der Waals surface area contributed by atoms with Gasteiger partial charge in [-0.3, -0.25) is 4.90 Å². The first kappa shape index (κ1) is 14.5. The van der Waals surface area contributed by atoms with Crippen molar-refractivity contribution in [3.8, 4) is 0 Å². The van der Waals surface area contributed by atoms with Crippen LogP contribution >= 0.6 is 11.3 Å². The highest BCUT2D eigenvalue weighted by molar-refractivity contribution is 7.12. The van der Waals surface area contributed by atoms with Gasteiger partial charge in [0.2, 0.25) is 0 Å². The fourth-order valence-electron chi connectivity index (χ4n) is 1.94. The number of hydrogen-bond donors (Lipinski definition) is 1. The summed E-state index contributed by atoms with van der Waals surface area (Å²) in [5.74, 6) is -0.916. The van der Waals surface area contributed by atoms with E-state index in [0.717, 1.165) is 18.0 Å². The molecule has 1 N–H and O–H groups in total. The van der Waals surface area contributed by atoms with Crippen LogP contribution in [0.5, 0.6) is 0 Å². The molecule has 0 saturated heterocycles. The second kappa shape index (κ2) is 7.03. The number of nitrogens with zero attached hydrogens (tertiary/aromatic N) is 1. The van der Waals surface area contributed by atoms with Gasteiger partial charge in [0, 0.05) is 28.9 Å². The van der Waals surface area contributed by atoms with Crippen LogP contribution in [0.15, 0.2) is 48.5 Å². The zero-order valence-electron chi connectivity index (χ0n) is 11.3. The van der Waals surface area contributed by atoms with E-state index in [1.165, 1.54) is 16.5 Å². The Morgan fingerprint density at radius 3 is 2.65 bits per heavy atom. The molecule has 1 aromatic heterocycles. The highest BCUT2D eigenvalue weighted by Crippen LogP contribution is 2.20. The van der Waals surface area contributed by atoms with E-state index in [-0.39, 0.29) is 0 Å². The van der Waals surface area contributed by atoms with E-state index in [1.54, 1.807) is 17.4 Å². The molecule has 0 amide bonds. The molecular formula is C16H17NO2S. The van der Waals surface area contributed by atoms with Crippen molar-refractivity contribution in [1.82, 2.24) is 4.90 Å². The van der Waals surface area contributed by atoms with Crippen LogP contribution in [0.2, 0.25) is 0 Å². The molecule has 0 aliphatic heterocycles. The molecule has 4 heteroatoms. The third-order valence-corrected chi connectivity index (χ3v) is 3.83. The molecule has 20 heavy (non-hydrogen) atoms. The van der Waals surface area contributed by atoms with Gasteiger partial charge in [-0.1, -0.05) is 30.3 Å². The first-order valence-electron chi connectivity index (χ1n) is 6.35. The van der Waals surface area contributed by atoms with Gasteiger partial charge in [0.15, 0.2) is 0 Å². The number of carbonyl (C=O) groups is 1. The topological polar surface area (TPSA) is 40.5 Å². The Morgan fingerprint density at radius 1 is 1.20 bits per heavy atom. The van der Waals surface area contributed by atoms with Gasteiger partial charge in [-0.05, 0) is 30.8 Å². The summed E-state index contributed by atoms with van der Waals surface area (Å²) in [6.45, 7) is 1.76. The van der Waals surface area contributed by atoms with Crippen LogP contribution in [0.1, 0.15) is 15.3 Å². The standard InChI is InChI=1S/C16H17NO2S/c1-17(11-13-5-3-2-4-6-13)12-15-8-7-14(20-15)9-10-16(18)19/h2-10H,11-12H2,1H3,(H,18,19). The number of hydrogen-bond acceptors (Lipinski definition) is 3. The first-order valence-corrected chi connectivity index (χ1v) is 7.17. The van der Waals surface area contributed by atoms with Gasteiger partial charge in [0.25, 0.3) is 0 Å². The summed E-state index contributed by atoms with van der Waals surface area (Å²) in [5, 5.41) is 8.60. The maximum absolute atomic E-state index is 10.5. The molecule has 0 aliphatic rings. The third kappa shape index (κ3) is 4.64. The molecular weight excluding hydrogens is 270 g/mol. The van der Waals surface area contributed by atoms with Crippen LogP contribution in [0.4, 0.5) is 0 Å². The minimum atomic E-state index is -0.916. The number of carboxylic acid groups (broad SMARTS) is 1. The van der Waals surface area contributed by atoms with Gasteiger partial charge in [-0.25, -0.2) is 4.79 Å². The van der Waals surface area contributed by atoms with E-state index in [4.69, 9.17) is 5.11 Å². The van der Waals surface area contributed by atoms with Gasteiger partial charge >= 0.3 is 5.97 Å². The lowest BCUT2D eigenvalue weighted by atomic mass is 10.2. The molecule has 0 spiro atoms. The van der Waals surface area contributed by atoms with Gasteiger partial charge in [-0.15, -0.1) is 11.3 Å². The largest absolute Gasteiger partial charge is 0.478 e. The number of rotatable bonds is 6. The Bertz CT molecular complexity index is 590. The normalized spacial score (nSPS) is 11.3. The average Bonchev–Trinajstić information content (AvgIpc) is 2.85. The van der Waals surface area contributed by atoms with Crippen LogP contribution in [0.25, 0.3) is 6.08 Å². The van der Waals surface area contributed by atoms with Crippen LogP contribution in [-0.2, 0) is 17.9 Å². The van der Waals surface area contributed by atoms with E-state index in [9.17, 15) is 4.79 Å². The number of benzene rings is 1. The van der Waals surface area contributed by atoms with E-state index < -0.39 is 5.97 Å². The zero-order chi connectivity index (χ0) is 14.4. The summed E-state index contributed by atoms with van der Waals surface area (Å²) in [6.07, 6.45) is 2.80. The maximum atomic E-state index is 10.5. The van der Waals surface area contributed by atoms with E-state index in [0.29, 0.717) is 0 Å². The minimum absolute atomic E-state index is 0.862.